The smallest absolute Gasteiger partial charge is 0.169 e. The van der Waals surface area contributed by atoms with Crippen LogP contribution < -0.4 is 0 Å². The molecule has 1 rings (SSSR count). The van der Waals surface area contributed by atoms with E-state index in [9.17, 15) is 0 Å². The van der Waals surface area contributed by atoms with Crippen LogP contribution in [0.2, 0.25) is 0 Å². The lowest BCUT2D eigenvalue weighted by atomic mass is 10.2. The van der Waals surface area contributed by atoms with Crippen molar-refractivity contribution < 1.29 is 9.47 Å². The molecule has 2 heteroatoms. The van der Waals surface area contributed by atoms with Crippen LogP contribution in [0.3, 0.4) is 0 Å². The van der Waals surface area contributed by atoms with Gasteiger partial charge in [0.15, 0.2) is 5.79 Å². The number of rotatable bonds is 3. The maximum atomic E-state index is 5.75. The third-order valence-corrected chi connectivity index (χ3v) is 1.56. The maximum absolute atomic E-state index is 5.75. The first kappa shape index (κ1) is 9.01. The molecule has 0 saturated heterocycles. The molecule has 0 aromatic carbocycles. The lowest BCUT2D eigenvalue weighted by Gasteiger charge is -2.27. The van der Waals surface area contributed by atoms with Crippen LogP contribution in [0.5, 0.6) is 0 Å². The van der Waals surface area contributed by atoms with Gasteiger partial charge in [0.2, 0.25) is 0 Å². The molecule has 0 aromatic heterocycles. The summed E-state index contributed by atoms with van der Waals surface area (Å²) in [5.74, 6) is -0.215. The molecule has 11 heavy (non-hydrogen) atoms. The molecule has 0 atom stereocenters. The normalized spacial score (nSPS) is 21.8. The van der Waals surface area contributed by atoms with E-state index in [1.807, 2.05) is 6.92 Å². The molecule has 0 aromatic rings. The van der Waals surface area contributed by atoms with Crippen molar-refractivity contribution in [3.05, 3.63) is 0 Å². The van der Waals surface area contributed by atoms with Gasteiger partial charge in [-0.1, -0.05) is 0 Å². The van der Waals surface area contributed by atoms with Crippen LogP contribution in [-0.2, 0) is 9.47 Å². The zero-order chi connectivity index (χ0) is 8.54. The first-order chi connectivity index (χ1) is 4.97. The number of hydrogen-bond donors (Lipinski definition) is 0. The van der Waals surface area contributed by atoms with E-state index in [0.717, 1.165) is 19.4 Å². The Kier molecular flexibility index (Phi) is 2.26. The van der Waals surface area contributed by atoms with Gasteiger partial charge in [-0.25, -0.2) is 0 Å². The Balaban J connectivity index is 2.35. The predicted molar refractivity (Wildman–Crippen MR) is 44.4 cm³/mol. The predicted octanol–water partition coefficient (Wildman–Crippen LogP) is 2.33. The Bertz CT molecular complexity index is 131. The Morgan fingerprint density at radius 1 is 1.27 bits per heavy atom. The van der Waals surface area contributed by atoms with E-state index in [0.29, 0.717) is 0 Å². The van der Waals surface area contributed by atoms with Crippen LogP contribution in [0.1, 0.15) is 40.5 Å². The van der Waals surface area contributed by atoms with Gasteiger partial charge in [0.1, 0.15) is 0 Å². The summed E-state index contributed by atoms with van der Waals surface area (Å²) in [7, 11) is 0. The molecular formula is C9H18O2. The van der Waals surface area contributed by atoms with Gasteiger partial charge in [-0.2, -0.15) is 0 Å². The second kappa shape index (κ2) is 2.76. The third-order valence-electron chi connectivity index (χ3n) is 1.56. The molecule has 1 saturated carbocycles. The number of hydrogen-bond acceptors (Lipinski definition) is 2. The summed E-state index contributed by atoms with van der Waals surface area (Å²) in [4.78, 5) is 0. The second-order valence-corrected chi connectivity index (χ2v) is 4.06. The van der Waals surface area contributed by atoms with E-state index in [2.05, 4.69) is 20.8 Å². The fraction of sp³-hybridized carbons (Fsp3) is 1.00. The summed E-state index contributed by atoms with van der Waals surface area (Å²) in [6.45, 7) is 8.94. The third kappa shape index (κ3) is 2.80. The van der Waals surface area contributed by atoms with Crippen molar-refractivity contribution in [2.75, 3.05) is 6.61 Å². The second-order valence-electron chi connectivity index (χ2n) is 4.06. The van der Waals surface area contributed by atoms with Gasteiger partial charge in [0, 0.05) is 19.4 Å². The van der Waals surface area contributed by atoms with Crippen LogP contribution in [0.15, 0.2) is 0 Å². The van der Waals surface area contributed by atoms with E-state index in [1.165, 1.54) is 0 Å². The highest BCUT2D eigenvalue weighted by Crippen LogP contribution is 2.43. The standard InChI is InChI=1S/C9H18O2/c1-5-10-9(6-7-9)11-8(2,3)4/h5-7H2,1-4H3. The maximum Gasteiger partial charge on any atom is 0.169 e. The highest BCUT2D eigenvalue weighted by Gasteiger charge is 2.47. The molecule has 0 amide bonds. The molecule has 0 heterocycles. The average molecular weight is 158 g/mol. The van der Waals surface area contributed by atoms with Crippen molar-refractivity contribution in [1.29, 1.82) is 0 Å². The minimum atomic E-state index is -0.215. The lowest BCUT2D eigenvalue weighted by Crippen LogP contribution is -2.30. The van der Waals surface area contributed by atoms with E-state index in [1.54, 1.807) is 0 Å². The molecule has 0 unspecified atom stereocenters. The van der Waals surface area contributed by atoms with Crippen molar-refractivity contribution in [2.24, 2.45) is 0 Å². The zero-order valence-corrected chi connectivity index (χ0v) is 7.94. The summed E-state index contributed by atoms with van der Waals surface area (Å²) in [6, 6.07) is 0. The van der Waals surface area contributed by atoms with Crippen LogP contribution >= 0.6 is 0 Å². The quantitative estimate of drug-likeness (QED) is 0.587. The van der Waals surface area contributed by atoms with Crippen LogP contribution in [0.4, 0.5) is 0 Å². The van der Waals surface area contributed by atoms with Crippen molar-refractivity contribution in [3.8, 4) is 0 Å². The molecule has 0 aliphatic heterocycles. The van der Waals surface area contributed by atoms with Crippen LogP contribution in [-0.4, -0.2) is 18.0 Å². The van der Waals surface area contributed by atoms with Crippen molar-refractivity contribution in [2.45, 2.75) is 51.9 Å². The molecule has 1 aliphatic rings. The average Bonchev–Trinajstić information content (AvgIpc) is 2.44. The largest absolute Gasteiger partial charge is 0.350 e. The van der Waals surface area contributed by atoms with Crippen molar-refractivity contribution in [1.82, 2.24) is 0 Å². The van der Waals surface area contributed by atoms with Gasteiger partial charge in [0.05, 0.1) is 5.60 Å². The molecule has 1 fully saturated rings. The fourth-order valence-electron chi connectivity index (χ4n) is 1.20. The van der Waals surface area contributed by atoms with Crippen molar-refractivity contribution >= 4 is 0 Å². The Morgan fingerprint density at radius 2 is 1.82 bits per heavy atom. The Morgan fingerprint density at radius 3 is 2.09 bits per heavy atom. The molecule has 0 spiro atoms. The molecule has 66 valence electrons. The SMILES string of the molecule is CCOC1(OC(C)(C)C)CC1. The molecule has 0 radical (unpaired) electrons. The summed E-state index contributed by atoms with van der Waals surface area (Å²) in [5, 5.41) is 0. The molecule has 2 nitrogen and oxygen atoms in total. The Hall–Kier alpha value is -0.0800. The monoisotopic (exact) mass is 158 g/mol. The minimum Gasteiger partial charge on any atom is -0.350 e. The highest BCUT2D eigenvalue weighted by atomic mass is 16.7. The van der Waals surface area contributed by atoms with E-state index < -0.39 is 0 Å². The fourth-order valence-corrected chi connectivity index (χ4v) is 1.20. The van der Waals surface area contributed by atoms with E-state index in [-0.39, 0.29) is 11.4 Å². The molecule has 0 N–H and O–H groups in total. The summed E-state index contributed by atoms with van der Waals surface area (Å²) in [5.41, 5.74) is -0.0777. The zero-order valence-electron chi connectivity index (χ0n) is 7.94. The van der Waals surface area contributed by atoms with Gasteiger partial charge in [-0.15, -0.1) is 0 Å². The van der Waals surface area contributed by atoms with Gasteiger partial charge in [-0.3, -0.25) is 0 Å². The summed E-state index contributed by atoms with van der Waals surface area (Å²) in [6.07, 6.45) is 2.11. The first-order valence-corrected chi connectivity index (χ1v) is 4.32. The van der Waals surface area contributed by atoms with Gasteiger partial charge < -0.3 is 9.47 Å². The highest BCUT2D eigenvalue weighted by molar-refractivity contribution is 4.88. The number of ether oxygens (including phenoxy) is 2. The topological polar surface area (TPSA) is 18.5 Å². The summed E-state index contributed by atoms with van der Waals surface area (Å²) < 4.78 is 11.2. The van der Waals surface area contributed by atoms with E-state index >= 15 is 0 Å². The van der Waals surface area contributed by atoms with Crippen LogP contribution in [0.25, 0.3) is 0 Å². The van der Waals surface area contributed by atoms with Gasteiger partial charge >= 0.3 is 0 Å². The molecular weight excluding hydrogens is 140 g/mol. The minimum absolute atomic E-state index is 0.0777. The van der Waals surface area contributed by atoms with Gasteiger partial charge in [-0.05, 0) is 27.7 Å². The lowest BCUT2D eigenvalue weighted by molar-refractivity contribution is -0.214. The van der Waals surface area contributed by atoms with Crippen LogP contribution in [0, 0.1) is 0 Å². The molecule has 0 bridgehead atoms. The van der Waals surface area contributed by atoms with Gasteiger partial charge in [0.25, 0.3) is 0 Å². The van der Waals surface area contributed by atoms with Crippen molar-refractivity contribution in [3.63, 3.8) is 0 Å². The Labute approximate surface area is 68.9 Å². The summed E-state index contributed by atoms with van der Waals surface area (Å²) >= 11 is 0. The first-order valence-electron chi connectivity index (χ1n) is 4.32. The van der Waals surface area contributed by atoms with E-state index in [4.69, 9.17) is 9.47 Å². The molecule has 1 aliphatic carbocycles.